The molecule has 5 nitrogen and oxygen atoms in total. The van der Waals surface area contributed by atoms with Crippen LogP contribution in [0, 0.1) is 0 Å². The van der Waals surface area contributed by atoms with Crippen LogP contribution < -0.4 is 8.91 Å². The third-order valence-corrected chi connectivity index (χ3v) is 9.13. The lowest BCUT2D eigenvalue weighted by molar-refractivity contribution is 0.271. The number of nitrogens with one attached hydrogen (secondary N) is 1. The van der Waals surface area contributed by atoms with Crippen LogP contribution in [0.15, 0.2) is 77.7 Å². The molecule has 0 saturated heterocycles. The predicted molar refractivity (Wildman–Crippen MR) is 153 cm³/mol. The first-order chi connectivity index (χ1) is 18.1. The molecule has 0 aromatic heterocycles. The summed E-state index contributed by atoms with van der Waals surface area (Å²) in [6.07, 6.45) is 5.58. The molecule has 1 heterocycles. The Bertz CT molecular complexity index is 1170. The maximum atomic E-state index is 12.4. The molecule has 7 heteroatoms. The van der Waals surface area contributed by atoms with E-state index in [1.54, 1.807) is 0 Å². The zero-order valence-electron chi connectivity index (χ0n) is 21.6. The fraction of sp³-hybridized carbons (Fsp3) is 0.400. The van der Waals surface area contributed by atoms with Gasteiger partial charge in [-0.05, 0) is 84.3 Å². The lowest BCUT2D eigenvalue weighted by Crippen LogP contribution is -2.31. The Balaban J connectivity index is 1.14. The van der Waals surface area contributed by atoms with Gasteiger partial charge in [-0.3, -0.25) is 4.90 Å². The van der Waals surface area contributed by atoms with Gasteiger partial charge in [-0.25, -0.2) is 9.03 Å². The third kappa shape index (κ3) is 7.68. The number of hydrogen-bond acceptors (Lipinski definition) is 5. The molecule has 1 aliphatic carbocycles. The summed E-state index contributed by atoms with van der Waals surface area (Å²) in [5.74, 6) is 0.676. The number of nitrogens with zero attached hydrogens (tertiary/aromatic N) is 2. The first-order valence-corrected chi connectivity index (χ1v) is 15.3. The van der Waals surface area contributed by atoms with E-state index in [4.69, 9.17) is 4.18 Å². The SMILES string of the molecule is CCN(Cc1ccccc1)Cc1ccc(SN2CCc3ccc(OS(=O)NC4CCCC4)cc3C2)cc1. The molecule has 196 valence electrons. The molecule has 1 fully saturated rings. The van der Waals surface area contributed by atoms with Gasteiger partial charge in [0.15, 0.2) is 0 Å². The summed E-state index contributed by atoms with van der Waals surface area (Å²) in [6, 6.07) is 26.1. The van der Waals surface area contributed by atoms with E-state index < -0.39 is 11.3 Å². The number of hydrogen-bond donors (Lipinski definition) is 1. The van der Waals surface area contributed by atoms with E-state index in [1.165, 1.54) is 40.0 Å². The first kappa shape index (κ1) is 26.4. The number of fused-ring (bicyclic) bond motifs is 1. The van der Waals surface area contributed by atoms with E-state index >= 15 is 0 Å². The van der Waals surface area contributed by atoms with E-state index in [-0.39, 0.29) is 0 Å². The van der Waals surface area contributed by atoms with Gasteiger partial charge in [-0.2, -0.15) is 4.21 Å². The van der Waals surface area contributed by atoms with Gasteiger partial charge in [0.1, 0.15) is 5.75 Å². The van der Waals surface area contributed by atoms with Crippen molar-refractivity contribution in [1.82, 2.24) is 13.9 Å². The van der Waals surface area contributed by atoms with Crippen molar-refractivity contribution in [3.05, 3.63) is 95.1 Å². The molecule has 1 unspecified atom stereocenters. The minimum atomic E-state index is -1.49. The highest BCUT2D eigenvalue weighted by Crippen LogP contribution is 2.31. The van der Waals surface area contributed by atoms with Gasteiger partial charge in [-0.1, -0.05) is 68.3 Å². The van der Waals surface area contributed by atoms with Gasteiger partial charge in [0.2, 0.25) is 0 Å². The van der Waals surface area contributed by atoms with Crippen LogP contribution in [-0.2, 0) is 37.3 Å². The Hall–Kier alpha value is -2.16. The lowest BCUT2D eigenvalue weighted by Gasteiger charge is -2.28. The molecule has 1 atom stereocenters. The van der Waals surface area contributed by atoms with Gasteiger partial charge in [-0.15, -0.1) is 0 Å². The minimum absolute atomic E-state index is 0.311. The maximum absolute atomic E-state index is 12.4. The molecule has 1 saturated carbocycles. The molecule has 0 spiro atoms. The van der Waals surface area contributed by atoms with Crippen LogP contribution >= 0.6 is 11.9 Å². The van der Waals surface area contributed by atoms with Crippen LogP contribution in [-0.4, -0.2) is 32.5 Å². The van der Waals surface area contributed by atoms with Crippen molar-refractivity contribution in [2.24, 2.45) is 0 Å². The van der Waals surface area contributed by atoms with Crippen LogP contribution in [0.1, 0.15) is 54.9 Å². The highest BCUT2D eigenvalue weighted by molar-refractivity contribution is 7.97. The largest absolute Gasteiger partial charge is 0.389 e. The van der Waals surface area contributed by atoms with Crippen LogP contribution in [0.5, 0.6) is 5.75 Å². The fourth-order valence-corrected chi connectivity index (χ4v) is 6.89. The quantitative estimate of drug-likeness (QED) is 0.294. The van der Waals surface area contributed by atoms with E-state index in [0.29, 0.717) is 11.8 Å². The van der Waals surface area contributed by atoms with Crippen molar-refractivity contribution in [2.75, 3.05) is 13.1 Å². The molecule has 0 bridgehead atoms. The average Bonchev–Trinajstić information content (AvgIpc) is 3.42. The Morgan fingerprint density at radius 2 is 1.70 bits per heavy atom. The summed E-state index contributed by atoms with van der Waals surface area (Å²) < 4.78 is 23.6. The Kier molecular flexibility index (Phi) is 9.34. The summed E-state index contributed by atoms with van der Waals surface area (Å²) in [7, 11) is 0. The second-order valence-corrected chi connectivity index (χ2v) is 12.0. The molecular weight excluding hydrogens is 498 g/mol. The number of benzene rings is 3. The van der Waals surface area contributed by atoms with Gasteiger partial charge in [0.25, 0.3) is 11.3 Å². The summed E-state index contributed by atoms with van der Waals surface area (Å²) in [4.78, 5) is 3.72. The molecule has 1 aliphatic heterocycles. The fourth-order valence-electron chi connectivity index (χ4n) is 5.11. The van der Waals surface area contributed by atoms with Crippen molar-refractivity contribution in [3.63, 3.8) is 0 Å². The van der Waals surface area contributed by atoms with Gasteiger partial charge in [0, 0.05) is 37.1 Å². The lowest BCUT2D eigenvalue weighted by atomic mass is 10.0. The average molecular weight is 536 g/mol. The van der Waals surface area contributed by atoms with E-state index in [0.717, 1.165) is 52.0 Å². The highest BCUT2D eigenvalue weighted by Gasteiger charge is 2.20. The van der Waals surface area contributed by atoms with Crippen molar-refractivity contribution in [3.8, 4) is 5.75 Å². The first-order valence-electron chi connectivity index (χ1n) is 13.4. The molecule has 2 aliphatic rings. The Morgan fingerprint density at radius 3 is 2.43 bits per heavy atom. The number of rotatable bonds is 11. The summed E-state index contributed by atoms with van der Waals surface area (Å²) in [5.41, 5.74) is 5.30. The van der Waals surface area contributed by atoms with Gasteiger partial charge >= 0.3 is 0 Å². The molecule has 0 amide bonds. The van der Waals surface area contributed by atoms with Crippen LogP contribution in [0.3, 0.4) is 0 Å². The van der Waals surface area contributed by atoms with E-state index in [9.17, 15) is 4.21 Å². The smallest absolute Gasteiger partial charge is 0.288 e. The third-order valence-electron chi connectivity index (χ3n) is 7.21. The zero-order valence-corrected chi connectivity index (χ0v) is 23.2. The topological polar surface area (TPSA) is 44.8 Å². The summed E-state index contributed by atoms with van der Waals surface area (Å²) in [5, 5.41) is 0. The minimum Gasteiger partial charge on any atom is -0.389 e. The molecule has 5 rings (SSSR count). The second kappa shape index (κ2) is 13.1. The molecule has 0 radical (unpaired) electrons. The maximum Gasteiger partial charge on any atom is 0.288 e. The van der Waals surface area contributed by atoms with Crippen molar-refractivity contribution >= 4 is 23.2 Å². The normalized spacial score (nSPS) is 17.1. The van der Waals surface area contributed by atoms with E-state index in [1.807, 2.05) is 18.0 Å². The van der Waals surface area contributed by atoms with Crippen LogP contribution in [0.2, 0.25) is 0 Å². The second-order valence-electron chi connectivity index (χ2n) is 9.99. The molecule has 37 heavy (non-hydrogen) atoms. The molecule has 1 N–H and O–H groups in total. The molecule has 3 aromatic carbocycles. The van der Waals surface area contributed by atoms with Crippen molar-refractivity contribution < 1.29 is 8.39 Å². The molecular formula is C30H37N3O2S2. The predicted octanol–water partition coefficient (Wildman–Crippen LogP) is 6.26. The van der Waals surface area contributed by atoms with Crippen molar-refractivity contribution in [1.29, 1.82) is 0 Å². The standard InChI is InChI=1S/C30H37N3O2S2/c1-2-32(21-24-8-4-3-5-9-24)22-25-12-16-30(17-13-25)36-33-19-18-26-14-15-29(20-27(26)23-33)35-37(34)31-28-10-6-7-11-28/h3-5,8-9,12-17,20,28,31H,2,6-7,10-11,18-19,21-23H2,1H3. The van der Waals surface area contributed by atoms with Crippen LogP contribution in [0.4, 0.5) is 0 Å². The Labute approximate surface area is 228 Å². The summed E-state index contributed by atoms with van der Waals surface area (Å²) >= 11 is 0.318. The highest BCUT2D eigenvalue weighted by atomic mass is 32.2. The Morgan fingerprint density at radius 1 is 0.973 bits per heavy atom. The zero-order chi connectivity index (χ0) is 25.5. The monoisotopic (exact) mass is 535 g/mol. The van der Waals surface area contributed by atoms with E-state index in [2.05, 4.69) is 87.6 Å². The summed E-state index contributed by atoms with van der Waals surface area (Å²) in [6.45, 7) is 7.03. The molecule has 3 aromatic rings. The van der Waals surface area contributed by atoms with Gasteiger partial charge < -0.3 is 4.18 Å². The van der Waals surface area contributed by atoms with Crippen LogP contribution in [0.25, 0.3) is 0 Å². The van der Waals surface area contributed by atoms with Gasteiger partial charge in [0.05, 0.1) is 0 Å². The van der Waals surface area contributed by atoms with Crippen molar-refractivity contribution in [2.45, 2.75) is 69.6 Å².